The van der Waals surface area contributed by atoms with Gasteiger partial charge in [-0.3, -0.25) is 9.78 Å². The second-order valence-electron chi connectivity index (χ2n) is 4.90. The van der Waals surface area contributed by atoms with E-state index < -0.39 is 5.82 Å². The van der Waals surface area contributed by atoms with Gasteiger partial charge in [-0.15, -0.1) is 24.8 Å². The molecule has 2 rings (SSSR count). The van der Waals surface area contributed by atoms with E-state index in [0.717, 1.165) is 19.2 Å². The zero-order chi connectivity index (χ0) is 13.1. The van der Waals surface area contributed by atoms with Crippen LogP contribution in [0.4, 0.5) is 4.39 Å². The number of aromatic nitrogens is 1. The van der Waals surface area contributed by atoms with Gasteiger partial charge in [-0.1, -0.05) is 6.92 Å². The van der Waals surface area contributed by atoms with Gasteiger partial charge in [0.25, 0.3) is 5.91 Å². The van der Waals surface area contributed by atoms with Gasteiger partial charge in [0.2, 0.25) is 0 Å². The fourth-order valence-electron chi connectivity index (χ4n) is 2.38. The van der Waals surface area contributed by atoms with Crippen LogP contribution in [0.5, 0.6) is 0 Å². The van der Waals surface area contributed by atoms with E-state index in [-0.39, 0.29) is 48.4 Å². The molecule has 0 aliphatic carbocycles. The largest absolute Gasteiger partial charge is 0.347 e. The Kier molecular flexibility index (Phi) is 8.01. The van der Waals surface area contributed by atoms with Gasteiger partial charge < -0.3 is 10.6 Å². The minimum Gasteiger partial charge on any atom is -0.347 e. The first kappa shape index (κ1) is 19.1. The molecule has 2 heterocycles. The van der Waals surface area contributed by atoms with Gasteiger partial charge in [-0.05, 0) is 31.9 Å². The molecule has 1 aromatic heterocycles. The van der Waals surface area contributed by atoms with Crippen molar-refractivity contribution in [3.8, 4) is 0 Å². The molecular formula is C13H20Cl2FN3O. The quantitative estimate of drug-likeness (QED) is 0.877. The minimum absolute atomic E-state index is 0. The molecule has 1 saturated heterocycles. The molecule has 2 N–H and O–H groups in total. The molecule has 1 aliphatic rings. The highest BCUT2D eigenvalue weighted by atomic mass is 35.5. The maximum absolute atomic E-state index is 13.0. The van der Waals surface area contributed by atoms with Gasteiger partial charge in [-0.25, -0.2) is 4.39 Å². The van der Waals surface area contributed by atoms with Crippen LogP contribution in [0.25, 0.3) is 0 Å². The Morgan fingerprint density at radius 1 is 1.40 bits per heavy atom. The van der Waals surface area contributed by atoms with E-state index >= 15 is 0 Å². The maximum atomic E-state index is 13.0. The SMILES string of the molecule is CC1CCNC(C)C1NC(=O)c1cncc(F)c1.Cl.Cl. The summed E-state index contributed by atoms with van der Waals surface area (Å²) in [5.41, 5.74) is 0.264. The third-order valence-corrected chi connectivity index (χ3v) is 3.48. The molecule has 1 aliphatic heterocycles. The molecule has 20 heavy (non-hydrogen) atoms. The molecule has 3 atom stereocenters. The second-order valence-corrected chi connectivity index (χ2v) is 4.90. The zero-order valence-corrected chi connectivity index (χ0v) is 13.1. The highest BCUT2D eigenvalue weighted by molar-refractivity contribution is 5.94. The average Bonchev–Trinajstić information content (AvgIpc) is 2.34. The highest BCUT2D eigenvalue weighted by Crippen LogP contribution is 2.16. The molecule has 0 bridgehead atoms. The standard InChI is InChI=1S/C13H18FN3O.2ClH/c1-8-3-4-16-9(2)12(8)17-13(18)10-5-11(14)7-15-6-10;;/h5-9,12,16H,3-4H2,1-2H3,(H,17,18);2*1H. The van der Waals surface area contributed by atoms with Crippen LogP contribution >= 0.6 is 24.8 Å². The van der Waals surface area contributed by atoms with Gasteiger partial charge in [0.15, 0.2) is 0 Å². The Morgan fingerprint density at radius 2 is 2.10 bits per heavy atom. The number of hydrogen-bond acceptors (Lipinski definition) is 3. The summed E-state index contributed by atoms with van der Waals surface area (Å²) in [6, 6.07) is 1.49. The van der Waals surface area contributed by atoms with Crippen molar-refractivity contribution in [2.24, 2.45) is 5.92 Å². The summed E-state index contributed by atoms with van der Waals surface area (Å²) in [7, 11) is 0. The fourth-order valence-corrected chi connectivity index (χ4v) is 2.38. The van der Waals surface area contributed by atoms with Gasteiger partial charge in [0.05, 0.1) is 11.8 Å². The lowest BCUT2D eigenvalue weighted by Gasteiger charge is -2.35. The van der Waals surface area contributed by atoms with Crippen LogP contribution in [0.3, 0.4) is 0 Å². The van der Waals surface area contributed by atoms with E-state index in [9.17, 15) is 9.18 Å². The number of pyridine rings is 1. The minimum atomic E-state index is -0.495. The Hall–Kier alpha value is -0.910. The van der Waals surface area contributed by atoms with E-state index in [1.165, 1.54) is 12.3 Å². The summed E-state index contributed by atoms with van der Waals surface area (Å²) in [6.45, 7) is 5.13. The molecule has 0 spiro atoms. The van der Waals surface area contributed by atoms with Crippen LogP contribution in [-0.4, -0.2) is 29.5 Å². The molecule has 1 aromatic rings. The van der Waals surface area contributed by atoms with Crippen LogP contribution in [-0.2, 0) is 0 Å². The molecule has 1 fully saturated rings. The fraction of sp³-hybridized carbons (Fsp3) is 0.538. The van der Waals surface area contributed by atoms with E-state index in [0.29, 0.717) is 5.92 Å². The molecule has 0 saturated carbocycles. The van der Waals surface area contributed by atoms with Gasteiger partial charge >= 0.3 is 0 Å². The molecule has 0 aromatic carbocycles. The number of carbonyl (C=O) groups excluding carboxylic acids is 1. The summed E-state index contributed by atoms with van der Waals surface area (Å²) in [5.74, 6) is -0.355. The van der Waals surface area contributed by atoms with Gasteiger partial charge in [0, 0.05) is 18.3 Å². The number of piperidine rings is 1. The molecular weight excluding hydrogens is 304 g/mol. The predicted octanol–water partition coefficient (Wildman–Crippen LogP) is 2.18. The summed E-state index contributed by atoms with van der Waals surface area (Å²) in [5, 5.41) is 6.28. The molecule has 114 valence electrons. The topological polar surface area (TPSA) is 54.0 Å². The van der Waals surface area contributed by atoms with Crippen LogP contribution in [0.2, 0.25) is 0 Å². The summed E-state index contributed by atoms with van der Waals surface area (Å²) in [6.07, 6.45) is 3.49. The Morgan fingerprint density at radius 3 is 2.70 bits per heavy atom. The summed E-state index contributed by atoms with van der Waals surface area (Å²) < 4.78 is 13.0. The van der Waals surface area contributed by atoms with E-state index in [4.69, 9.17) is 0 Å². The Labute approximate surface area is 130 Å². The van der Waals surface area contributed by atoms with Crippen molar-refractivity contribution in [3.63, 3.8) is 0 Å². The first-order valence-electron chi connectivity index (χ1n) is 6.22. The molecule has 3 unspecified atom stereocenters. The Bertz CT molecular complexity index is 437. The number of carbonyl (C=O) groups is 1. The smallest absolute Gasteiger partial charge is 0.253 e. The van der Waals surface area contributed by atoms with Crippen molar-refractivity contribution in [2.45, 2.75) is 32.4 Å². The van der Waals surface area contributed by atoms with Crippen LogP contribution in [0, 0.1) is 11.7 Å². The first-order chi connectivity index (χ1) is 8.58. The Balaban J connectivity index is 0.00000180. The van der Waals surface area contributed by atoms with Gasteiger partial charge in [-0.2, -0.15) is 0 Å². The lowest BCUT2D eigenvalue weighted by atomic mass is 9.89. The van der Waals surface area contributed by atoms with Crippen molar-refractivity contribution >= 4 is 30.7 Å². The normalized spacial score (nSPS) is 25.1. The molecule has 0 radical (unpaired) electrons. The van der Waals surface area contributed by atoms with Crippen LogP contribution in [0.15, 0.2) is 18.5 Å². The van der Waals surface area contributed by atoms with Crippen LogP contribution < -0.4 is 10.6 Å². The molecule has 4 nitrogen and oxygen atoms in total. The lowest BCUT2D eigenvalue weighted by molar-refractivity contribution is 0.0896. The molecule has 7 heteroatoms. The van der Waals surface area contributed by atoms with E-state index in [1.807, 2.05) is 6.92 Å². The third-order valence-electron chi connectivity index (χ3n) is 3.48. The number of nitrogens with one attached hydrogen (secondary N) is 2. The predicted molar refractivity (Wildman–Crippen MR) is 81.2 cm³/mol. The number of rotatable bonds is 2. The van der Waals surface area contributed by atoms with Crippen molar-refractivity contribution < 1.29 is 9.18 Å². The number of amides is 1. The number of nitrogens with zero attached hydrogens (tertiary/aromatic N) is 1. The van der Waals surface area contributed by atoms with E-state index in [2.05, 4.69) is 22.5 Å². The van der Waals surface area contributed by atoms with Crippen molar-refractivity contribution in [2.75, 3.05) is 6.54 Å². The van der Waals surface area contributed by atoms with Gasteiger partial charge in [0.1, 0.15) is 5.82 Å². The summed E-state index contributed by atoms with van der Waals surface area (Å²) in [4.78, 5) is 15.7. The zero-order valence-electron chi connectivity index (χ0n) is 11.4. The first-order valence-corrected chi connectivity index (χ1v) is 6.22. The lowest BCUT2D eigenvalue weighted by Crippen LogP contribution is -2.55. The monoisotopic (exact) mass is 323 g/mol. The maximum Gasteiger partial charge on any atom is 0.253 e. The highest BCUT2D eigenvalue weighted by Gasteiger charge is 2.28. The van der Waals surface area contributed by atoms with Crippen molar-refractivity contribution in [1.82, 2.24) is 15.6 Å². The number of halogens is 3. The van der Waals surface area contributed by atoms with Crippen molar-refractivity contribution in [1.29, 1.82) is 0 Å². The summed E-state index contributed by atoms with van der Waals surface area (Å²) >= 11 is 0. The van der Waals surface area contributed by atoms with Crippen molar-refractivity contribution in [3.05, 3.63) is 29.8 Å². The third kappa shape index (κ3) is 4.58. The number of hydrogen-bond donors (Lipinski definition) is 2. The average molecular weight is 324 g/mol. The van der Waals surface area contributed by atoms with Crippen LogP contribution in [0.1, 0.15) is 30.6 Å². The second kappa shape index (κ2) is 8.39. The van der Waals surface area contributed by atoms with E-state index in [1.54, 1.807) is 0 Å². The molecule has 1 amide bonds.